The normalized spacial score (nSPS) is 9.94. The number of hydrogen-bond donors (Lipinski definition) is 1. The summed E-state index contributed by atoms with van der Waals surface area (Å²) in [7, 11) is 0. The number of carbonyl (C=O) groups is 1. The van der Waals surface area contributed by atoms with Gasteiger partial charge in [0.25, 0.3) is 5.69 Å². The maximum atomic E-state index is 11.2. The van der Waals surface area contributed by atoms with Crippen LogP contribution in [-0.4, -0.2) is 16.2 Å². The van der Waals surface area contributed by atoms with E-state index in [-0.39, 0.29) is 16.9 Å². The Morgan fingerprint density at radius 2 is 1.94 bits per heavy atom. The molecule has 0 spiro atoms. The van der Waals surface area contributed by atoms with Crippen LogP contribution in [0.3, 0.4) is 0 Å². The number of anilines is 1. The molecule has 1 aromatic carbocycles. The predicted octanol–water partition coefficient (Wildman–Crippen LogP) is 3.14. The number of benzene rings is 1. The van der Waals surface area contributed by atoms with Gasteiger partial charge in [0.2, 0.25) is 5.91 Å². The number of amides is 1. The summed E-state index contributed by atoms with van der Waals surface area (Å²) in [5.41, 5.74) is 0.627. The van der Waals surface area contributed by atoms with Crippen molar-refractivity contribution in [3.05, 3.63) is 29.4 Å². The molecule has 0 aromatic heterocycles. The molecule has 5 nitrogen and oxygen atoms in total. The highest BCUT2D eigenvalue weighted by Crippen LogP contribution is 2.29. The van der Waals surface area contributed by atoms with Crippen LogP contribution in [-0.2, 0) is 4.79 Å². The fourth-order valence-corrected chi connectivity index (χ4v) is 3.10. The molecule has 0 bridgehead atoms. The highest BCUT2D eigenvalue weighted by molar-refractivity contribution is 14.1. The lowest BCUT2D eigenvalue weighted by Gasteiger charge is -2.08. The SMILES string of the molecule is O=C(CBr)Nc1c(I)cc([N+](=O)[O-])cc1I. The van der Waals surface area contributed by atoms with E-state index in [0.29, 0.717) is 12.8 Å². The number of nitrogens with one attached hydrogen (secondary N) is 1. The van der Waals surface area contributed by atoms with Crippen LogP contribution in [0.25, 0.3) is 0 Å². The van der Waals surface area contributed by atoms with Crippen molar-refractivity contribution in [1.82, 2.24) is 0 Å². The highest BCUT2D eigenvalue weighted by Gasteiger charge is 2.15. The first-order valence-electron chi connectivity index (χ1n) is 3.95. The average Bonchev–Trinajstić information content (AvgIpc) is 2.22. The van der Waals surface area contributed by atoms with Crippen LogP contribution in [0, 0.1) is 17.3 Å². The summed E-state index contributed by atoms with van der Waals surface area (Å²) >= 11 is 6.94. The molecule has 1 amide bonds. The summed E-state index contributed by atoms with van der Waals surface area (Å²) in [6.07, 6.45) is 0. The second-order valence-corrected chi connectivity index (χ2v) is 5.61. The molecule has 86 valence electrons. The van der Waals surface area contributed by atoms with E-state index < -0.39 is 4.92 Å². The van der Waals surface area contributed by atoms with E-state index in [2.05, 4.69) is 21.2 Å². The number of carbonyl (C=O) groups excluding carboxylic acids is 1. The zero-order valence-electron chi connectivity index (χ0n) is 7.67. The highest BCUT2D eigenvalue weighted by atomic mass is 127. The smallest absolute Gasteiger partial charge is 0.271 e. The lowest BCUT2D eigenvalue weighted by atomic mass is 10.3. The minimum Gasteiger partial charge on any atom is -0.324 e. The van der Waals surface area contributed by atoms with Gasteiger partial charge in [-0.25, -0.2) is 0 Å². The molecular formula is C8H5BrI2N2O3. The summed E-state index contributed by atoms with van der Waals surface area (Å²) in [5, 5.41) is 13.5. The fourth-order valence-electron chi connectivity index (χ4n) is 0.957. The van der Waals surface area contributed by atoms with Gasteiger partial charge in [0, 0.05) is 19.3 Å². The van der Waals surface area contributed by atoms with E-state index in [9.17, 15) is 14.9 Å². The zero-order valence-corrected chi connectivity index (χ0v) is 13.6. The Bertz CT molecular complexity index is 430. The van der Waals surface area contributed by atoms with Crippen molar-refractivity contribution in [2.75, 3.05) is 10.6 Å². The van der Waals surface area contributed by atoms with Gasteiger partial charge in [-0.05, 0) is 45.2 Å². The van der Waals surface area contributed by atoms with Crippen LogP contribution in [0.1, 0.15) is 0 Å². The minimum atomic E-state index is -0.458. The topological polar surface area (TPSA) is 72.2 Å². The quantitative estimate of drug-likeness (QED) is 0.294. The number of nitro groups is 1. The standard InChI is InChI=1S/C8H5BrI2N2O3/c9-3-7(14)12-8-5(10)1-4(13(15)16)2-6(8)11/h1-2H,3H2,(H,12,14). The van der Waals surface area contributed by atoms with E-state index in [1.54, 1.807) is 0 Å². The Morgan fingerprint density at radius 1 is 1.44 bits per heavy atom. The molecule has 0 heterocycles. The third kappa shape index (κ3) is 3.52. The molecule has 0 unspecified atom stereocenters. The van der Waals surface area contributed by atoms with Crippen LogP contribution in [0.5, 0.6) is 0 Å². The number of alkyl halides is 1. The van der Waals surface area contributed by atoms with Gasteiger partial charge in [0.1, 0.15) is 0 Å². The summed E-state index contributed by atoms with van der Waals surface area (Å²) in [6.45, 7) is 0. The van der Waals surface area contributed by atoms with Gasteiger partial charge in [0.15, 0.2) is 0 Å². The van der Waals surface area contributed by atoms with Crippen LogP contribution in [0.4, 0.5) is 11.4 Å². The summed E-state index contributed by atoms with van der Waals surface area (Å²) < 4.78 is 1.29. The third-order valence-electron chi connectivity index (χ3n) is 1.62. The molecule has 0 saturated heterocycles. The molecule has 1 rings (SSSR count). The number of non-ortho nitro benzene ring substituents is 1. The number of hydrogen-bond acceptors (Lipinski definition) is 3. The summed E-state index contributed by atoms with van der Waals surface area (Å²) in [5.74, 6) is -0.190. The molecule has 0 aliphatic heterocycles. The van der Waals surface area contributed by atoms with Crippen molar-refractivity contribution in [3.63, 3.8) is 0 Å². The Balaban J connectivity index is 3.12. The lowest BCUT2D eigenvalue weighted by Crippen LogP contribution is -2.14. The van der Waals surface area contributed by atoms with Crippen molar-refractivity contribution >= 4 is 78.4 Å². The molecular weight excluding hydrogens is 506 g/mol. The van der Waals surface area contributed by atoms with Crippen LogP contribution < -0.4 is 5.32 Å². The molecule has 8 heteroatoms. The Labute approximate surface area is 127 Å². The van der Waals surface area contributed by atoms with Gasteiger partial charge < -0.3 is 5.32 Å². The van der Waals surface area contributed by atoms with E-state index in [4.69, 9.17) is 0 Å². The first kappa shape index (κ1) is 14.1. The maximum absolute atomic E-state index is 11.2. The van der Waals surface area contributed by atoms with Crippen LogP contribution in [0.2, 0.25) is 0 Å². The molecule has 0 aliphatic carbocycles. The summed E-state index contributed by atoms with van der Waals surface area (Å²) in [6, 6.07) is 2.85. The number of rotatable bonds is 3. The Morgan fingerprint density at radius 3 is 2.31 bits per heavy atom. The molecule has 0 radical (unpaired) electrons. The Hall–Kier alpha value is 0.0300. The van der Waals surface area contributed by atoms with Gasteiger partial charge in [0.05, 0.1) is 15.9 Å². The van der Waals surface area contributed by atoms with E-state index in [1.807, 2.05) is 45.2 Å². The molecule has 16 heavy (non-hydrogen) atoms. The summed E-state index contributed by atoms with van der Waals surface area (Å²) in [4.78, 5) is 21.3. The van der Waals surface area contributed by atoms with Crippen molar-refractivity contribution < 1.29 is 9.72 Å². The molecule has 1 N–H and O–H groups in total. The molecule has 0 fully saturated rings. The predicted molar refractivity (Wildman–Crippen MR) is 81.0 cm³/mol. The first-order chi connectivity index (χ1) is 7.45. The first-order valence-corrected chi connectivity index (χ1v) is 7.23. The number of nitro benzene ring substituents is 1. The second-order valence-electron chi connectivity index (χ2n) is 2.72. The van der Waals surface area contributed by atoms with Crippen LogP contribution in [0.15, 0.2) is 12.1 Å². The van der Waals surface area contributed by atoms with E-state index >= 15 is 0 Å². The monoisotopic (exact) mass is 510 g/mol. The number of nitrogens with zero attached hydrogens (tertiary/aromatic N) is 1. The van der Waals surface area contributed by atoms with E-state index in [1.165, 1.54) is 12.1 Å². The van der Waals surface area contributed by atoms with Crippen molar-refractivity contribution in [2.24, 2.45) is 0 Å². The molecule has 0 saturated carbocycles. The van der Waals surface area contributed by atoms with Crippen molar-refractivity contribution in [3.8, 4) is 0 Å². The van der Waals surface area contributed by atoms with Crippen molar-refractivity contribution in [1.29, 1.82) is 0 Å². The Kier molecular flexibility index (Phi) is 5.37. The van der Waals surface area contributed by atoms with Crippen LogP contribution >= 0.6 is 61.1 Å². The van der Waals surface area contributed by atoms with Gasteiger partial charge in [-0.1, -0.05) is 15.9 Å². The largest absolute Gasteiger partial charge is 0.324 e. The van der Waals surface area contributed by atoms with Gasteiger partial charge in [-0.15, -0.1) is 0 Å². The number of halogens is 3. The van der Waals surface area contributed by atoms with Gasteiger partial charge in [-0.3, -0.25) is 14.9 Å². The molecule has 0 atom stereocenters. The second kappa shape index (κ2) is 6.10. The molecule has 0 aliphatic rings. The third-order valence-corrected chi connectivity index (χ3v) is 3.83. The fraction of sp³-hybridized carbons (Fsp3) is 0.125. The zero-order chi connectivity index (χ0) is 12.3. The van der Waals surface area contributed by atoms with Gasteiger partial charge >= 0.3 is 0 Å². The lowest BCUT2D eigenvalue weighted by molar-refractivity contribution is -0.385. The minimum absolute atomic E-state index is 0.0191. The van der Waals surface area contributed by atoms with Gasteiger partial charge in [-0.2, -0.15) is 0 Å². The molecule has 1 aromatic rings. The van der Waals surface area contributed by atoms with E-state index in [0.717, 1.165) is 0 Å². The van der Waals surface area contributed by atoms with Crippen molar-refractivity contribution in [2.45, 2.75) is 0 Å². The average molecular weight is 511 g/mol. The maximum Gasteiger partial charge on any atom is 0.271 e.